The maximum absolute atomic E-state index is 5.74. The Bertz CT molecular complexity index is 271. The number of aromatic nitrogens is 1. The molecule has 1 aliphatic rings. The average molecular weight is 183 g/mol. The molecule has 1 saturated carbocycles. The molecule has 0 bridgehead atoms. The first-order chi connectivity index (χ1) is 5.84. The minimum atomic E-state index is 0.574. The van der Waals surface area contributed by atoms with Gasteiger partial charge in [0.25, 0.3) is 0 Å². The van der Waals surface area contributed by atoms with Crippen molar-refractivity contribution in [2.24, 2.45) is 0 Å². The summed E-state index contributed by atoms with van der Waals surface area (Å²) in [6.07, 6.45) is 4.38. The zero-order chi connectivity index (χ0) is 8.39. The molecule has 1 aromatic heterocycles. The maximum Gasteiger partial charge on any atom is 0.129 e. The van der Waals surface area contributed by atoms with Crippen LogP contribution in [-0.2, 0) is 6.54 Å². The first-order valence-corrected chi connectivity index (χ1v) is 4.56. The molecule has 1 heterocycles. The van der Waals surface area contributed by atoms with E-state index in [0.717, 1.165) is 12.6 Å². The Balaban J connectivity index is 1.92. The largest absolute Gasteiger partial charge is 0.310 e. The molecule has 64 valence electrons. The fourth-order valence-electron chi connectivity index (χ4n) is 1.10. The molecule has 0 radical (unpaired) electrons. The monoisotopic (exact) mass is 182 g/mol. The van der Waals surface area contributed by atoms with Crippen LogP contribution in [0.2, 0.25) is 5.15 Å². The van der Waals surface area contributed by atoms with Crippen LogP contribution in [0.5, 0.6) is 0 Å². The highest BCUT2D eigenvalue weighted by Gasteiger charge is 2.19. The summed E-state index contributed by atoms with van der Waals surface area (Å²) in [7, 11) is 0. The van der Waals surface area contributed by atoms with Crippen LogP contribution >= 0.6 is 11.6 Å². The fraction of sp³-hybridized carbons (Fsp3) is 0.444. The average Bonchev–Trinajstić information content (AvgIpc) is 2.84. The van der Waals surface area contributed by atoms with Crippen molar-refractivity contribution in [3.05, 3.63) is 29.0 Å². The van der Waals surface area contributed by atoms with Crippen LogP contribution in [0, 0.1) is 0 Å². The molecule has 0 spiro atoms. The molecule has 0 aromatic carbocycles. The minimum absolute atomic E-state index is 0.574. The maximum atomic E-state index is 5.74. The molecule has 1 aromatic rings. The van der Waals surface area contributed by atoms with Crippen molar-refractivity contribution < 1.29 is 0 Å². The van der Waals surface area contributed by atoms with Crippen molar-refractivity contribution in [2.45, 2.75) is 25.4 Å². The summed E-state index contributed by atoms with van der Waals surface area (Å²) in [5, 5.41) is 3.99. The molecule has 3 heteroatoms. The van der Waals surface area contributed by atoms with Crippen molar-refractivity contribution in [2.75, 3.05) is 0 Å². The van der Waals surface area contributed by atoms with E-state index in [1.54, 1.807) is 6.20 Å². The highest BCUT2D eigenvalue weighted by atomic mass is 35.5. The summed E-state index contributed by atoms with van der Waals surface area (Å²) in [5.74, 6) is 0. The zero-order valence-electron chi connectivity index (χ0n) is 6.76. The third kappa shape index (κ3) is 2.19. The van der Waals surface area contributed by atoms with Crippen molar-refractivity contribution in [3.8, 4) is 0 Å². The predicted molar refractivity (Wildman–Crippen MR) is 49.1 cm³/mol. The predicted octanol–water partition coefficient (Wildman–Crippen LogP) is 1.99. The Morgan fingerprint density at radius 1 is 1.58 bits per heavy atom. The van der Waals surface area contributed by atoms with Crippen LogP contribution in [0.15, 0.2) is 18.3 Å². The number of nitrogens with zero attached hydrogens (tertiary/aromatic N) is 1. The summed E-state index contributed by atoms with van der Waals surface area (Å²) < 4.78 is 0. The van der Waals surface area contributed by atoms with Crippen LogP contribution in [-0.4, -0.2) is 11.0 Å². The second-order valence-corrected chi connectivity index (χ2v) is 3.53. The van der Waals surface area contributed by atoms with E-state index in [1.807, 2.05) is 12.1 Å². The van der Waals surface area contributed by atoms with Gasteiger partial charge in [0, 0.05) is 18.8 Å². The van der Waals surface area contributed by atoms with Gasteiger partial charge in [0.05, 0.1) is 0 Å². The Kier molecular flexibility index (Phi) is 2.28. The van der Waals surface area contributed by atoms with Gasteiger partial charge >= 0.3 is 0 Å². The van der Waals surface area contributed by atoms with Gasteiger partial charge in [0.2, 0.25) is 0 Å². The Labute approximate surface area is 77.0 Å². The minimum Gasteiger partial charge on any atom is -0.310 e. The van der Waals surface area contributed by atoms with Crippen LogP contribution in [0.25, 0.3) is 0 Å². The molecule has 0 aliphatic heterocycles. The van der Waals surface area contributed by atoms with Gasteiger partial charge in [0.15, 0.2) is 0 Å². The van der Waals surface area contributed by atoms with Crippen LogP contribution in [0.1, 0.15) is 18.4 Å². The molecule has 2 rings (SSSR count). The zero-order valence-corrected chi connectivity index (χ0v) is 7.51. The molecule has 0 amide bonds. The Morgan fingerprint density at radius 2 is 2.42 bits per heavy atom. The molecular weight excluding hydrogens is 172 g/mol. The van der Waals surface area contributed by atoms with Gasteiger partial charge in [-0.05, 0) is 30.5 Å². The number of halogens is 1. The van der Waals surface area contributed by atoms with Crippen molar-refractivity contribution in [3.63, 3.8) is 0 Å². The molecule has 0 saturated heterocycles. The van der Waals surface area contributed by atoms with Crippen LogP contribution in [0.3, 0.4) is 0 Å². The highest BCUT2D eigenvalue weighted by Crippen LogP contribution is 2.19. The van der Waals surface area contributed by atoms with Crippen molar-refractivity contribution >= 4 is 11.6 Å². The van der Waals surface area contributed by atoms with Gasteiger partial charge < -0.3 is 5.32 Å². The number of rotatable bonds is 3. The van der Waals surface area contributed by atoms with E-state index in [2.05, 4.69) is 10.3 Å². The Morgan fingerprint density at radius 3 is 3.08 bits per heavy atom. The molecule has 1 aliphatic carbocycles. The van der Waals surface area contributed by atoms with Gasteiger partial charge in [-0.1, -0.05) is 11.6 Å². The molecule has 12 heavy (non-hydrogen) atoms. The summed E-state index contributed by atoms with van der Waals surface area (Å²) in [6.45, 7) is 0.910. The quantitative estimate of drug-likeness (QED) is 0.724. The summed E-state index contributed by atoms with van der Waals surface area (Å²) in [6, 6.07) is 4.63. The molecular formula is C9H11ClN2. The van der Waals surface area contributed by atoms with E-state index < -0.39 is 0 Å². The van der Waals surface area contributed by atoms with E-state index >= 15 is 0 Å². The summed E-state index contributed by atoms with van der Waals surface area (Å²) in [4.78, 5) is 3.92. The van der Waals surface area contributed by atoms with E-state index in [4.69, 9.17) is 11.6 Å². The molecule has 0 atom stereocenters. The lowest BCUT2D eigenvalue weighted by Gasteiger charge is -2.01. The van der Waals surface area contributed by atoms with Gasteiger partial charge in [-0.2, -0.15) is 0 Å². The van der Waals surface area contributed by atoms with E-state index in [9.17, 15) is 0 Å². The lowest BCUT2D eigenvalue weighted by molar-refractivity contribution is 0.687. The number of hydrogen-bond donors (Lipinski definition) is 1. The lowest BCUT2D eigenvalue weighted by Crippen LogP contribution is -2.15. The lowest BCUT2D eigenvalue weighted by atomic mass is 10.3. The Hall–Kier alpha value is -0.600. The van der Waals surface area contributed by atoms with E-state index in [1.165, 1.54) is 18.4 Å². The molecule has 2 nitrogen and oxygen atoms in total. The number of hydrogen-bond acceptors (Lipinski definition) is 2. The molecule has 0 unspecified atom stereocenters. The summed E-state index contributed by atoms with van der Waals surface area (Å²) >= 11 is 5.74. The fourth-order valence-corrected chi connectivity index (χ4v) is 1.30. The summed E-state index contributed by atoms with van der Waals surface area (Å²) in [5.41, 5.74) is 1.21. The van der Waals surface area contributed by atoms with Crippen LogP contribution in [0.4, 0.5) is 0 Å². The third-order valence-electron chi connectivity index (χ3n) is 1.96. The molecule has 1 N–H and O–H groups in total. The molecule has 1 fully saturated rings. The first kappa shape index (κ1) is 8.02. The van der Waals surface area contributed by atoms with Crippen molar-refractivity contribution in [1.82, 2.24) is 10.3 Å². The first-order valence-electron chi connectivity index (χ1n) is 4.18. The van der Waals surface area contributed by atoms with Crippen molar-refractivity contribution in [1.29, 1.82) is 0 Å². The van der Waals surface area contributed by atoms with E-state index in [-0.39, 0.29) is 0 Å². The highest BCUT2D eigenvalue weighted by molar-refractivity contribution is 6.29. The third-order valence-corrected chi connectivity index (χ3v) is 2.17. The normalized spacial score (nSPS) is 16.4. The van der Waals surface area contributed by atoms with Crippen LogP contribution < -0.4 is 5.32 Å². The van der Waals surface area contributed by atoms with Gasteiger partial charge in [0.1, 0.15) is 5.15 Å². The number of nitrogens with one attached hydrogen (secondary N) is 1. The van der Waals surface area contributed by atoms with Gasteiger partial charge in [-0.25, -0.2) is 4.98 Å². The SMILES string of the molecule is Clc1cc(CNC2CC2)ccn1. The van der Waals surface area contributed by atoms with Gasteiger partial charge in [-0.3, -0.25) is 0 Å². The second-order valence-electron chi connectivity index (χ2n) is 3.14. The standard InChI is InChI=1S/C9H11ClN2/c10-9-5-7(3-4-11-9)6-12-8-1-2-8/h3-5,8,12H,1-2,6H2. The van der Waals surface area contributed by atoms with E-state index in [0.29, 0.717) is 5.15 Å². The topological polar surface area (TPSA) is 24.9 Å². The number of pyridine rings is 1. The van der Waals surface area contributed by atoms with Gasteiger partial charge in [-0.15, -0.1) is 0 Å². The smallest absolute Gasteiger partial charge is 0.129 e. The second kappa shape index (κ2) is 3.42.